The second-order valence-electron chi connectivity index (χ2n) is 2.89. The molecule has 0 aromatic rings. The Kier molecular flexibility index (Phi) is 3.45. The van der Waals surface area contributed by atoms with Crippen LogP contribution in [0, 0.1) is 0 Å². The van der Waals surface area contributed by atoms with Crippen molar-refractivity contribution in [3.63, 3.8) is 0 Å². The Morgan fingerprint density at radius 2 is 1.36 bits per heavy atom. The highest BCUT2D eigenvalue weighted by molar-refractivity contribution is 5.87. The molecule has 0 radical (unpaired) electrons. The van der Waals surface area contributed by atoms with E-state index in [1.165, 1.54) is 26.4 Å². The Morgan fingerprint density at radius 3 is 1.57 bits per heavy atom. The van der Waals surface area contributed by atoms with E-state index >= 15 is 0 Å². The number of hydrogen-bond acceptors (Lipinski definition) is 4. The van der Waals surface area contributed by atoms with E-state index in [0.717, 1.165) is 24.0 Å². The molecule has 1 aliphatic carbocycles. The van der Waals surface area contributed by atoms with Crippen LogP contribution in [0.1, 0.15) is 12.8 Å². The zero-order valence-corrected chi connectivity index (χ0v) is 8.20. The fraction of sp³-hybridized carbons (Fsp3) is 0.400. The summed E-state index contributed by atoms with van der Waals surface area (Å²) in [5, 5.41) is 0. The number of methoxy groups -OCH3 is 2. The van der Waals surface area contributed by atoms with Crippen LogP contribution in [0.3, 0.4) is 0 Å². The van der Waals surface area contributed by atoms with Crippen molar-refractivity contribution in [1.29, 1.82) is 0 Å². The van der Waals surface area contributed by atoms with Crippen LogP contribution < -0.4 is 0 Å². The van der Waals surface area contributed by atoms with Crippen molar-refractivity contribution in [1.82, 2.24) is 0 Å². The largest absolute Gasteiger partial charge is 0.466 e. The van der Waals surface area contributed by atoms with Crippen molar-refractivity contribution >= 4 is 11.9 Å². The number of carbonyl (C=O) groups excluding carboxylic acids is 2. The topological polar surface area (TPSA) is 52.6 Å². The predicted molar refractivity (Wildman–Crippen MR) is 49.4 cm³/mol. The van der Waals surface area contributed by atoms with Crippen molar-refractivity contribution in [2.24, 2.45) is 0 Å². The van der Waals surface area contributed by atoms with Gasteiger partial charge < -0.3 is 9.47 Å². The Morgan fingerprint density at radius 1 is 1.00 bits per heavy atom. The molecule has 14 heavy (non-hydrogen) atoms. The first-order valence-corrected chi connectivity index (χ1v) is 4.24. The molecule has 76 valence electrons. The first-order chi connectivity index (χ1) is 6.67. The van der Waals surface area contributed by atoms with E-state index in [4.69, 9.17) is 0 Å². The summed E-state index contributed by atoms with van der Waals surface area (Å²) < 4.78 is 8.95. The van der Waals surface area contributed by atoms with Crippen molar-refractivity contribution < 1.29 is 19.1 Å². The average molecular weight is 196 g/mol. The number of rotatable bonds is 2. The van der Waals surface area contributed by atoms with Gasteiger partial charge in [-0.05, 0) is 24.0 Å². The van der Waals surface area contributed by atoms with Gasteiger partial charge >= 0.3 is 11.9 Å². The number of esters is 2. The lowest BCUT2D eigenvalue weighted by atomic mass is 9.85. The number of hydrogen-bond donors (Lipinski definition) is 0. The molecule has 4 nitrogen and oxygen atoms in total. The van der Waals surface area contributed by atoms with Gasteiger partial charge in [0, 0.05) is 12.2 Å². The lowest BCUT2D eigenvalue weighted by Gasteiger charge is -2.20. The Balaban J connectivity index is 2.67. The zero-order valence-electron chi connectivity index (χ0n) is 8.20. The van der Waals surface area contributed by atoms with Crippen LogP contribution in [-0.4, -0.2) is 26.2 Å². The van der Waals surface area contributed by atoms with E-state index in [0.29, 0.717) is 0 Å². The molecule has 0 aromatic heterocycles. The third-order valence-electron chi connectivity index (χ3n) is 2.06. The quantitative estimate of drug-likeness (QED) is 0.488. The van der Waals surface area contributed by atoms with Crippen molar-refractivity contribution in [3.8, 4) is 0 Å². The van der Waals surface area contributed by atoms with E-state index in [-0.39, 0.29) is 0 Å². The summed E-state index contributed by atoms with van der Waals surface area (Å²) in [5.74, 6) is -0.786. The molecule has 1 rings (SSSR count). The summed E-state index contributed by atoms with van der Waals surface area (Å²) in [6.45, 7) is 0. The molecular weight excluding hydrogens is 184 g/mol. The molecule has 4 heteroatoms. The third kappa shape index (κ3) is 2.45. The molecule has 1 aliphatic rings. The lowest BCUT2D eigenvalue weighted by molar-refractivity contribution is -0.136. The minimum absolute atomic E-state index is 0.393. The SMILES string of the molecule is COC(=O)/C=C1/CC/C1=C\C(=O)OC. The monoisotopic (exact) mass is 196 g/mol. The Bertz CT molecular complexity index is 280. The molecule has 1 saturated carbocycles. The maximum Gasteiger partial charge on any atom is 0.330 e. The molecule has 0 aromatic carbocycles. The van der Waals surface area contributed by atoms with Crippen LogP contribution in [0.15, 0.2) is 23.3 Å². The van der Waals surface area contributed by atoms with E-state index < -0.39 is 11.9 Å². The second kappa shape index (κ2) is 4.60. The van der Waals surface area contributed by atoms with Gasteiger partial charge in [0.15, 0.2) is 0 Å². The molecule has 0 saturated heterocycles. The zero-order chi connectivity index (χ0) is 10.6. The molecule has 0 atom stereocenters. The van der Waals surface area contributed by atoms with E-state index in [1.54, 1.807) is 0 Å². The van der Waals surface area contributed by atoms with Gasteiger partial charge in [0.1, 0.15) is 0 Å². The smallest absolute Gasteiger partial charge is 0.330 e. The lowest BCUT2D eigenvalue weighted by Crippen LogP contribution is -2.09. The van der Waals surface area contributed by atoms with Gasteiger partial charge in [0.05, 0.1) is 14.2 Å². The number of carbonyl (C=O) groups is 2. The molecule has 0 N–H and O–H groups in total. The second-order valence-corrected chi connectivity index (χ2v) is 2.89. The van der Waals surface area contributed by atoms with Crippen molar-refractivity contribution in [2.45, 2.75) is 12.8 Å². The van der Waals surface area contributed by atoms with Gasteiger partial charge in [0.2, 0.25) is 0 Å². The predicted octanol–water partition coefficient (Wildman–Crippen LogP) is 0.979. The first-order valence-electron chi connectivity index (χ1n) is 4.24. The summed E-state index contributed by atoms with van der Waals surface area (Å²) in [4.78, 5) is 21.7. The molecular formula is C10H12O4. The van der Waals surface area contributed by atoms with E-state index in [9.17, 15) is 9.59 Å². The average Bonchev–Trinajstić information content (AvgIpc) is 2.19. The summed E-state index contributed by atoms with van der Waals surface area (Å²) in [6.07, 6.45) is 4.41. The molecule has 0 bridgehead atoms. The highest BCUT2D eigenvalue weighted by Gasteiger charge is 2.18. The van der Waals surface area contributed by atoms with Gasteiger partial charge in [-0.1, -0.05) is 0 Å². The first kappa shape index (κ1) is 10.5. The minimum Gasteiger partial charge on any atom is -0.466 e. The van der Waals surface area contributed by atoms with Crippen LogP contribution >= 0.6 is 0 Å². The molecule has 0 amide bonds. The summed E-state index contributed by atoms with van der Waals surface area (Å²) in [7, 11) is 2.64. The number of allylic oxidation sites excluding steroid dienone is 2. The van der Waals surface area contributed by atoms with Gasteiger partial charge in [-0.3, -0.25) is 0 Å². The van der Waals surface area contributed by atoms with Gasteiger partial charge in [0.25, 0.3) is 0 Å². The molecule has 1 fully saturated rings. The maximum absolute atomic E-state index is 10.9. The summed E-state index contributed by atoms with van der Waals surface area (Å²) >= 11 is 0. The molecule has 0 aliphatic heterocycles. The van der Waals surface area contributed by atoms with Crippen LogP contribution in [-0.2, 0) is 19.1 Å². The van der Waals surface area contributed by atoms with Crippen LogP contribution in [0.5, 0.6) is 0 Å². The van der Waals surface area contributed by atoms with Crippen LogP contribution in [0.4, 0.5) is 0 Å². The highest BCUT2D eigenvalue weighted by Crippen LogP contribution is 2.32. The summed E-state index contributed by atoms with van der Waals surface area (Å²) in [5.41, 5.74) is 1.70. The molecule has 0 unspecified atom stereocenters. The fourth-order valence-electron chi connectivity index (χ4n) is 1.15. The normalized spacial score (nSPS) is 20.4. The number of ether oxygens (including phenoxy) is 2. The van der Waals surface area contributed by atoms with E-state index in [2.05, 4.69) is 9.47 Å². The highest BCUT2D eigenvalue weighted by atomic mass is 16.5. The molecule has 0 heterocycles. The Hall–Kier alpha value is -1.58. The third-order valence-corrected chi connectivity index (χ3v) is 2.06. The fourth-order valence-corrected chi connectivity index (χ4v) is 1.15. The van der Waals surface area contributed by atoms with Crippen LogP contribution in [0.2, 0.25) is 0 Å². The standard InChI is InChI=1S/C10H12O4/c1-13-9(11)5-7-3-4-8(7)6-10(12)14-2/h5-6H,3-4H2,1-2H3/b7-5-,8-6+. The minimum atomic E-state index is -0.393. The van der Waals surface area contributed by atoms with Crippen molar-refractivity contribution in [3.05, 3.63) is 23.3 Å². The Labute approximate surface area is 82.2 Å². The van der Waals surface area contributed by atoms with Gasteiger partial charge in [-0.25, -0.2) is 9.59 Å². The maximum atomic E-state index is 10.9. The van der Waals surface area contributed by atoms with Gasteiger partial charge in [-0.2, -0.15) is 0 Å². The van der Waals surface area contributed by atoms with Gasteiger partial charge in [-0.15, -0.1) is 0 Å². The molecule has 0 spiro atoms. The summed E-state index contributed by atoms with van der Waals surface area (Å²) in [6, 6.07) is 0. The van der Waals surface area contributed by atoms with Crippen LogP contribution in [0.25, 0.3) is 0 Å². The van der Waals surface area contributed by atoms with Crippen molar-refractivity contribution in [2.75, 3.05) is 14.2 Å². The van der Waals surface area contributed by atoms with E-state index in [1.807, 2.05) is 0 Å².